The number of methoxy groups -OCH3 is 2. The molecule has 11 heteroatoms. The SMILES string of the molecule is COCC(=O)N(C)OC.COCC(=O)c1ccc(OC(F)(F)F)c(F)c1. The lowest BCUT2D eigenvalue weighted by Crippen LogP contribution is -2.28. The maximum atomic E-state index is 13.2. The van der Waals surface area contributed by atoms with Crippen molar-refractivity contribution in [2.24, 2.45) is 0 Å². The first-order valence-corrected chi connectivity index (χ1v) is 6.92. The Bertz CT molecular complexity index is 594. The number of Topliss-reactive ketones (excluding diaryl/α,β-unsaturated/α-hetero) is 1. The molecule has 0 spiro atoms. The Morgan fingerprint density at radius 3 is 2.08 bits per heavy atom. The lowest BCUT2D eigenvalue weighted by molar-refractivity contribution is -0.275. The fourth-order valence-electron chi connectivity index (χ4n) is 1.41. The number of halogens is 4. The molecule has 0 N–H and O–H groups in total. The lowest BCUT2D eigenvalue weighted by atomic mass is 10.1. The maximum Gasteiger partial charge on any atom is 0.573 e. The van der Waals surface area contributed by atoms with Gasteiger partial charge in [-0.15, -0.1) is 13.2 Å². The Balaban J connectivity index is 0.000000590. The molecule has 0 aromatic heterocycles. The van der Waals surface area contributed by atoms with Crippen LogP contribution in [0.3, 0.4) is 0 Å². The van der Waals surface area contributed by atoms with E-state index >= 15 is 0 Å². The van der Waals surface area contributed by atoms with Crippen LogP contribution in [0.2, 0.25) is 0 Å². The number of amides is 1. The van der Waals surface area contributed by atoms with Crippen LogP contribution in [0, 0.1) is 5.82 Å². The average molecular weight is 385 g/mol. The molecule has 0 heterocycles. The van der Waals surface area contributed by atoms with Crippen LogP contribution in [0.1, 0.15) is 10.4 Å². The Kier molecular flexibility index (Phi) is 10.4. The van der Waals surface area contributed by atoms with Gasteiger partial charge >= 0.3 is 6.36 Å². The van der Waals surface area contributed by atoms with Gasteiger partial charge in [0.15, 0.2) is 17.3 Å². The van der Waals surface area contributed by atoms with E-state index in [1.807, 2.05) is 0 Å². The van der Waals surface area contributed by atoms with E-state index in [4.69, 9.17) is 0 Å². The van der Waals surface area contributed by atoms with Gasteiger partial charge in [-0.3, -0.25) is 14.4 Å². The number of nitrogens with zero attached hydrogens (tertiary/aromatic N) is 1. The molecular weight excluding hydrogens is 366 g/mol. The van der Waals surface area contributed by atoms with Crippen LogP contribution in [-0.2, 0) is 19.1 Å². The summed E-state index contributed by atoms with van der Waals surface area (Å²) in [5.74, 6) is -2.97. The first kappa shape index (κ1) is 23.8. The molecule has 0 saturated carbocycles. The maximum absolute atomic E-state index is 13.2. The zero-order chi connectivity index (χ0) is 20.3. The fourth-order valence-corrected chi connectivity index (χ4v) is 1.41. The number of carbonyl (C=O) groups excluding carboxylic acids is 2. The largest absolute Gasteiger partial charge is 0.573 e. The van der Waals surface area contributed by atoms with Gasteiger partial charge in [0.2, 0.25) is 0 Å². The van der Waals surface area contributed by atoms with E-state index in [1.165, 1.54) is 28.4 Å². The molecule has 1 aromatic carbocycles. The summed E-state index contributed by atoms with van der Waals surface area (Å²) in [5, 5.41) is 1.11. The minimum Gasteiger partial charge on any atom is -0.403 e. The van der Waals surface area contributed by atoms with Gasteiger partial charge in [-0.2, -0.15) is 0 Å². The van der Waals surface area contributed by atoms with Crippen molar-refractivity contribution >= 4 is 11.7 Å². The number of carbonyl (C=O) groups is 2. The standard InChI is InChI=1S/C10H8F4O3.C5H11NO3/c1-16-5-8(15)6-2-3-9(7(11)4-6)17-10(12,13)14;1-6(9-3)5(7)4-8-2/h2-4H,5H2,1H3;4H2,1-3H3. The van der Waals surface area contributed by atoms with Crippen LogP contribution < -0.4 is 4.74 Å². The summed E-state index contributed by atoms with van der Waals surface area (Å²) in [7, 11) is 5.69. The number of benzene rings is 1. The highest BCUT2D eigenvalue weighted by molar-refractivity contribution is 5.97. The second-order valence-corrected chi connectivity index (χ2v) is 4.56. The Labute approximate surface area is 147 Å². The molecule has 1 aromatic rings. The molecule has 1 amide bonds. The summed E-state index contributed by atoms with van der Waals surface area (Å²) in [6.45, 7) is -0.219. The van der Waals surface area contributed by atoms with Gasteiger partial charge < -0.3 is 14.2 Å². The van der Waals surface area contributed by atoms with Crippen molar-refractivity contribution in [3.63, 3.8) is 0 Å². The van der Waals surface area contributed by atoms with Gasteiger partial charge in [-0.25, -0.2) is 9.45 Å². The van der Waals surface area contributed by atoms with Gasteiger partial charge in [-0.1, -0.05) is 0 Å². The molecule has 0 saturated heterocycles. The molecule has 0 aliphatic heterocycles. The first-order valence-electron chi connectivity index (χ1n) is 6.92. The molecule has 1 rings (SSSR count). The third-order valence-corrected chi connectivity index (χ3v) is 2.65. The van der Waals surface area contributed by atoms with Crippen molar-refractivity contribution in [1.82, 2.24) is 5.06 Å². The van der Waals surface area contributed by atoms with Crippen LogP contribution in [0.25, 0.3) is 0 Å². The second-order valence-electron chi connectivity index (χ2n) is 4.56. The normalized spacial score (nSPS) is 10.6. The van der Waals surface area contributed by atoms with E-state index in [0.29, 0.717) is 6.07 Å². The molecule has 0 bridgehead atoms. The number of ketones is 1. The zero-order valence-corrected chi connectivity index (χ0v) is 14.6. The van der Waals surface area contributed by atoms with Crippen LogP contribution in [0.15, 0.2) is 18.2 Å². The second kappa shape index (κ2) is 11.4. The van der Waals surface area contributed by atoms with Crippen LogP contribution in [0.5, 0.6) is 5.75 Å². The van der Waals surface area contributed by atoms with Crippen LogP contribution in [0.4, 0.5) is 17.6 Å². The van der Waals surface area contributed by atoms with Crippen molar-refractivity contribution in [1.29, 1.82) is 0 Å². The molecule has 0 atom stereocenters. The topological polar surface area (TPSA) is 74.3 Å². The first-order chi connectivity index (χ1) is 12.1. The van der Waals surface area contributed by atoms with E-state index < -0.39 is 23.7 Å². The van der Waals surface area contributed by atoms with E-state index in [-0.39, 0.29) is 24.7 Å². The summed E-state index contributed by atoms with van der Waals surface area (Å²) >= 11 is 0. The van der Waals surface area contributed by atoms with Crippen molar-refractivity contribution in [2.75, 3.05) is 41.6 Å². The Hall–Kier alpha value is -2.24. The summed E-state index contributed by atoms with van der Waals surface area (Å²) in [5.41, 5.74) is -0.0844. The zero-order valence-electron chi connectivity index (χ0n) is 14.6. The highest BCUT2D eigenvalue weighted by atomic mass is 19.4. The molecule has 0 aliphatic carbocycles. The Morgan fingerprint density at radius 2 is 1.65 bits per heavy atom. The lowest BCUT2D eigenvalue weighted by Gasteiger charge is -2.11. The molecule has 148 valence electrons. The number of rotatable bonds is 7. The van der Waals surface area contributed by atoms with Crippen LogP contribution in [-0.4, -0.2) is 64.7 Å². The fraction of sp³-hybridized carbons (Fsp3) is 0.467. The number of hydrogen-bond acceptors (Lipinski definition) is 6. The van der Waals surface area contributed by atoms with E-state index in [9.17, 15) is 27.2 Å². The summed E-state index contributed by atoms with van der Waals surface area (Å²) in [4.78, 5) is 26.5. The summed E-state index contributed by atoms with van der Waals surface area (Å²) < 4.78 is 61.1. The third kappa shape index (κ3) is 9.30. The predicted molar refractivity (Wildman–Crippen MR) is 80.9 cm³/mol. The number of alkyl halides is 3. The van der Waals surface area contributed by atoms with Gasteiger partial charge in [-0.05, 0) is 18.2 Å². The van der Waals surface area contributed by atoms with E-state index in [1.54, 1.807) is 0 Å². The predicted octanol–water partition coefficient (Wildman–Crippen LogP) is 2.21. The molecule has 26 heavy (non-hydrogen) atoms. The minimum absolute atomic E-state index is 0.0599. The molecule has 7 nitrogen and oxygen atoms in total. The van der Waals surface area contributed by atoms with Crippen molar-refractivity contribution in [3.8, 4) is 5.75 Å². The van der Waals surface area contributed by atoms with Gasteiger partial charge in [0, 0.05) is 26.8 Å². The quantitative estimate of drug-likeness (QED) is 0.407. The third-order valence-electron chi connectivity index (χ3n) is 2.65. The molecule has 0 aliphatic rings. The van der Waals surface area contributed by atoms with Gasteiger partial charge in [0.05, 0.1) is 7.11 Å². The number of ether oxygens (including phenoxy) is 3. The van der Waals surface area contributed by atoms with Gasteiger partial charge in [0.1, 0.15) is 13.2 Å². The molecule has 0 fully saturated rings. The van der Waals surface area contributed by atoms with Crippen molar-refractivity contribution in [3.05, 3.63) is 29.6 Å². The Morgan fingerprint density at radius 1 is 1.08 bits per heavy atom. The summed E-state index contributed by atoms with van der Waals surface area (Å²) in [6, 6.07) is 2.44. The molecule has 0 unspecified atom stereocenters. The van der Waals surface area contributed by atoms with Crippen molar-refractivity contribution < 1.29 is 46.2 Å². The smallest absolute Gasteiger partial charge is 0.403 e. The molecular formula is C15H19F4NO6. The van der Waals surface area contributed by atoms with Crippen molar-refractivity contribution in [2.45, 2.75) is 6.36 Å². The molecule has 0 radical (unpaired) electrons. The average Bonchev–Trinajstić information content (AvgIpc) is 2.55. The van der Waals surface area contributed by atoms with E-state index in [0.717, 1.165) is 17.2 Å². The van der Waals surface area contributed by atoms with Crippen LogP contribution >= 0.6 is 0 Å². The number of hydroxylamine groups is 2. The number of likely N-dealkylation sites (N-methyl/N-ethyl adjacent to an activating group) is 1. The minimum atomic E-state index is -4.97. The van der Waals surface area contributed by atoms with E-state index in [2.05, 4.69) is 19.0 Å². The monoisotopic (exact) mass is 385 g/mol. The summed E-state index contributed by atoms with van der Waals surface area (Å²) in [6.07, 6.45) is -4.97. The highest BCUT2D eigenvalue weighted by Gasteiger charge is 2.32. The van der Waals surface area contributed by atoms with Gasteiger partial charge in [0.25, 0.3) is 5.91 Å². The highest BCUT2D eigenvalue weighted by Crippen LogP contribution is 2.26. The number of hydrogen-bond donors (Lipinski definition) is 0.